The lowest BCUT2D eigenvalue weighted by Crippen LogP contribution is -2.41. The number of likely N-dealkylation sites (N-methyl/N-ethyl adjacent to an activating group) is 1. The van der Waals surface area contributed by atoms with Crippen LogP contribution in [0.3, 0.4) is 0 Å². The minimum Gasteiger partial charge on any atom is -0.310 e. The third-order valence-corrected chi connectivity index (χ3v) is 4.18. The molecule has 0 aliphatic carbocycles. The first-order valence-electron chi connectivity index (χ1n) is 6.85. The number of piperidine rings is 1. The third-order valence-electron chi connectivity index (χ3n) is 4.18. The predicted molar refractivity (Wildman–Crippen MR) is 71.3 cm³/mol. The Morgan fingerprint density at radius 1 is 1.06 bits per heavy atom. The molecule has 0 aromatic heterocycles. The summed E-state index contributed by atoms with van der Waals surface area (Å²) >= 11 is 0. The van der Waals surface area contributed by atoms with Crippen LogP contribution < -0.4 is 5.32 Å². The Morgan fingerprint density at radius 2 is 1.76 bits per heavy atom. The van der Waals surface area contributed by atoms with E-state index in [0.29, 0.717) is 6.04 Å². The standard InChI is InChI=1S/C15H22N2/c1-17-10-14(11-17)12-5-7-13(8-6-12)15-4-2-3-9-16-15/h5-8,14-16H,2-4,9-11H2,1H3. The summed E-state index contributed by atoms with van der Waals surface area (Å²) in [6.07, 6.45) is 4.00. The third kappa shape index (κ3) is 2.38. The Hall–Kier alpha value is -0.860. The van der Waals surface area contributed by atoms with E-state index in [1.807, 2.05) is 0 Å². The second-order valence-electron chi connectivity index (χ2n) is 5.59. The van der Waals surface area contributed by atoms with Crippen molar-refractivity contribution >= 4 is 0 Å². The molecule has 0 radical (unpaired) electrons. The molecule has 0 saturated carbocycles. The molecule has 92 valence electrons. The van der Waals surface area contributed by atoms with Crippen molar-refractivity contribution in [1.82, 2.24) is 10.2 Å². The number of hydrogen-bond donors (Lipinski definition) is 1. The van der Waals surface area contributed by atoms with Crippen LogP contribution in [0.15, 0.2) is 24.3 Å². The zero-order chi connectivity index (χ0) is 11.7. The average Bonchev–Trinajstić information content (AvgIpc) is 2.36. The lowest BCUT2D eigenvalue weighted by atomic mass is 9.90. The van der Waals surface area contributed by atoms with Crippen LogP contribution in [0.5, 0.6) is 0 Å². The van der Waals surface area contributed by atoms with Crippen LogP contribution in [0.4, 0.5) is 0 Å². The predicted octanol–water partition coefficient (Wildman–Crippen LogP) is 2.53. The van der Waals surface area contributed by atoms with Crippen molar-refractivity contribution in [2.24, 2.45) is 0 Å². The summed E-state index contributed by atoms with van der Waals surface area (Å²) in [7, 11) is 2.19. The molecule has 2 heterocycles. The zero-order valence-corrected chi connectivity index (χ0v) is 10.7. The molecule has 2 heteroatoms. The molecular weight excluding hydrogens is 208 g/mol. The number of nitrogens with one attached hydrogen (secondary N) is 1. The largest absolute Gasteiger partial charge is 0.310 e. The molecule has 1 atom stereocenters. The number of hydrogen-bond acceptors (Lipinski definition) is 2. The van der Waals surface area contributed by atoms with E-state index >= 15 is 0 Å². The van der Waals surface area contributed by atoms with Crippen molar-refractivity contribution in [3.63, 3.8) is 0 Å². The van der Waals surface area contributed by atoms with E-state index in [4.69, 9.17) is 0 Å². The maximum atomic E-state index is 3.61. The minimum atomic E-state index is 0.599. The maximum absolute atomic E-state index is 3.61. The fourth-order valence-corrected chi connectivity index (χ4v) is 3.05. The first kappa shape index (κ1) is 11.2. The van der Waals surface area contributed by atoms with Crippen LogP contribution in [0.1, 0.15) is 42.3 Å². The minimum absolute atomic E-state index is 0.599. The highest BCUT2D eigenvalue weighted by atomic mass is 15.2. The number of benzene rings is 1. The van der Waals surface area contributed by atoms with Gasteiger partial charge in [0.2, 0.25) is 0 Å². The van der Waals surface area contributed by atoms with Gasteiger partial charge in [0.15, 0.2) is 0 Å². The van der Waals surface area contributed by atoms with E-state index in [-0.39, 0.29) is 0 Å². The first-order valence-corrected chi connectivity index (χ1v) is 6.85. The summed E-state index contributed by atoms with van der Waals surface area (Å²) in [5, 5.41) is 3.61. The molecule has 2 saturated heterocycles. The number of nitrogens with zero attached hydrogens (tertiary/aromatic N) is 1. The second kappa shape index (κ2) is 4.79. The van der Waals surface area contributed by atoms with E-state index < -0.39 is 0 Å². The molecule has 0 bridgehead atoms. The van der Waals surface area contributed by atoms with Gasteiger partial charge in [0.05, 0.1) is 0 Å². The molecule has 17 heavy (non-hydrogen) atoms. The van der Waals surface area contributed by atoms with Crippen molar-refractivity contribution < 1.29 is 0 Å². The Balaban J connectivity index is 1.67. The van der Waals surface area contributed by atoms with Crippen LogP contribution in [0.25, 0.3) is 0 Å². The molecule has 2 aliphatic rings. The van der Waals surface area contributed by atoms with Crippen molar-refractivity contribution in [3.8, 4) is 0 Å². The van der Waals surface area contributed by atoms with Crippen molar-refractivity contribution in [2.75, 3.05) is 26.7 Å². The van der Waals surface area contributed by atoms with Gasteiger partial charge in [-0.3, -0.25) is 0 Å². The fourth-order valence-electron chi connectivity index (χ4n) is 3.05. The highest BCUT2D eigenvalue weighted by Crippen LogP contribution is 2.28. The van der Waals surface area contributed by atoms with Crippen LogP contribution in [-0.2, 0) is 0 Å². The maximum Gasteiger partial charge on any atom is 0.0320 e. The SMILES string of the molecule is CN1CC(c2ccc(C3CCCCN3)cc2)C1. The van der Waals surface area contributed by atoms with Gasteiger partial charge in [0, 0.05) is 25.0 Å². The van der Waals surface area contributed by atoms with E-state index in [1.54, 1.807) is 0 Å². The molecule has 3 rings (SSSR count). The zero-order valence-electron chi connectivity index (χ0n) is 10.7. The summed E-state index contributed by atoms with van der Waals surface area (Å²) in [5.41, 5.74) is 2.99. The molecular formula is C15H22N2. The fraction of sp³-hybridized carbons (Fsp3) is 0.600. The van der Waals surface area contributed by atoms with Gasteiger partial charge < -0.3 is 10.2 Å². The normalized spacial score (nSPS) is 26.8. The number of likely N-dealkylation sites (tertiary alicyclic amines) is 1. The van der Waals surface area contributed by atoms with Crippen LogP contribution in [0, 0.1) is 0 Å². The molecule has 2 nitrogen and oxygen atoms in total. The smallest absolute Gasteiger partial charge is 0.0320 e. The Kier molecular flexibility index (Phi) is 3.17. The van der Waals surface area contributed by atoms with Gasteiger partial charge in [0.1, 0.15) is 0 Å². The van der Waals surface area contributed by atoms with Gasteiger partial charge in [-0.2, -0.15) is 0 Å². The molecule has 1 aromatic rings. The first-order chi connectivity index (χ1) is 8.33. The van der Waals surface area contributed by atoms with E-state index in [1.165, 1.54) is 50.0 Å². The van der Waals surface area contributed by atoms with Gasteiger partial charge in [0.25, 0.3) is 0 Å². The average molecular weight is 230 g/mol. The summed E-state index contributed by atoms with van der Waals surface area (Å²) in [5.74, 6) is 0.772. The van der Waals surface area contributed by atoms with Gasteiger partial charge in [-0.1, -0.05) is 30.7 Å². The van der Waals surface area contributed by atoms with Gasteiger partial charge in [-0.25, -0.2) is 0 Å². The summed E-state index contributed by atoms with van der Waals surface area (Å²) in [6.45, 7) is 3.63. The molecule has 2 fully saturated rings. The summed E-state index contributed by atoms with van der Waals surface area (Å²) < 4.78 is 0. The molecule has 1 unspecified atom stereocenters. The van der Waals surface area contributed by atoms with Crippen molar-refractivity contribution in [1.29, 1.82) is 0 Å². The molecule has 0 spiro atoms. The Morgan fingerprint density at radius 3 is 2.35 bits per heavy atom. The molecule has 2 aliphatic heterocycles. The molecule has 0 amide bonds. The highest BCUT2D eigenvalue weighted by Gasteiger charge is 2.24. The van der Waals surface area contributed by atoms with Gasteiger partial charge in [-0.15, -0.1) is 0 Å². The topological polar surface area (TPSA) is 15.3 Å². The van der Waals surface area contributed by atoms with Gasteiger partial charge in [-0.05, 0) is 37.6 Å². The van der Waals surface area contributed by atoms with Crippen LogP contribution >= 0.6 is 0 Å². The quantitative estimate of drug-likeness (QED) is 0.840. The Bertz CT molecular complexity index is 359. The monoisotopic (exact) mass is 230 g/mol. The van der Waals surface area contributed by atoms with Gasteiger partial charge >= 0.3 is 0 Å². The van der Waals surface area contributed by atoms with E-state index in [9.17, 15) is 0 Å². The highest BCUT2D eigenvalue weighted by molar-refractivity contribution is 5.29. The Labute approximate surface area is 104 Å². The molecule has 1 aromatic carbocycles. The van der Waals surface area contributed by atoms with E-state index in [2.05, 4.69) is 41.5 Å². The lowest BCUT2D eigenvalue weighted by Gasteiger charge is -2.36. The van der Waals surface area contributed by atoms with Crippen LogP contribution in [0.2, 0.25) is 0 Å². The van der Waals surface area contributed by atoms with Crippen LogP contribution in [-0.4, -0.2) is 31.6 Å². The lowest BCUT2D eigenvalue weighted by molar-refractivity contribution is 0.190. The molecule has 1 N–H and O–H groups in total. The van der Waals surface area contributed by atoms with E-state index in [0.717, 1.165) is 5.92 Å². The second-order valence-corrected chi connectivity index (χ2v) is 5.59. The van der Waals surface area contributed by atoms with Crippen molar-refractivity contribution in [3.05, 3.63) is 35.4 Å². The summed E-state index contributed by atoms with van der Waals surface area (Å²) in [4.78, 5) is 2.38. The summed E-state index contributed by atoms with van der Waals surface area (Å²) in [6, 6.07) is 9.93. The number of rotatable bonds is 2. The van der Waals surface area contributed by atoms with Crippen molar-refractivity contribution in [2.45, 2.75) is 31.2 Å².